The van der Waals surface area contributed by atoms with Crippen LogP contribution in [0.1, 0.15) is 6.92 Å². The first-order valence-electron chi connectivity index (χ1n) is 9.60. The molecular weight excluding hydrogens is 382 g/mol. The summed E-state index contributed by atoms with van der Waals surface area (Å²) >= 11 is 0. The molecule has 4 aromatic rings. The van der Waals surface area contributed by atoms with Crippen molar-refractivity contribution in [2.75, 3.05) is 27.9 Å². The van der Waals surface area contributed by atoms with Crippen LogP contribution in [-0.4, -0.2) is 32.9 Å². The molecule has 0 unspecified atom stereocenters. The third-order valence-electron chi connectivity index (χ3n) is 4.82. The first-order valence-corrected chi connectivity index (χ1v) is 9.60. The maximum atomic E-state index is 6.26. The van der Waals surface area contributed by atoms with Gasteiger partial charge >= 0.3 is 0 Å². The van der Waals surface area contributed by atoms with Crippen LogP contribution in [0.15, 0.2) is 59.1 Å². The first-order chi connectivity index (χ1) is 14.7. The molecule has 0 bridgehead atoms. The highest BCUT2D eigenvalue weighted by molar-refractivity contribution is 5.92. The molecule has 0 radical (unpaired) electrons. The summed E-state index contributed by atoms with van der Waals surface area (Å²) in [5.74, 6) is 3.13. The van der Waals surface area contributed by atoms with Crippen LogP contribution in [0.5, 0.6) is 23.0 Å². The monoisotopic (exact) mass is 405 g/mol. The molecule has 154 valence electrons. The van der Waals surface area contributed by atoms with Gasteiger partial charge in [0.25, 0.3) is 0 Å². The number of rotatable bonds is 7. The summed E-state index contributed by atoms with van der Waals surface area (Å²) in [6.45, 7) is 2.58. The summed E-state index contributed by atoms with van der Waals surface area (Å²) in [5, 5.41) is 0. The lowest BCUT2D eigenvalue weighted by atomic mass is 10.1. The van der Waals surface area contributed by atoms with E-state index in [2.05, 4.69) is 4.98 Å². The van der Waals surface area contributed by atoms with Crippen molar-refractivity contribution in [1.82, 2.24) is 4.98 Å². The van der Waals surface area contributed by atoms with Crippen LogP contribution >= 0.6 is 0 Å². The number of pyridine rings is 1. The zero-order valence-corrected chi connectivity index (χ0v) is 17.4. The van der Waals surface area contributed by atoms with Crippen LogP contribution in [0.2, 0.25) is 0 Å². The van der Waals surface area contributed by atoms with Crippen molar-refractivity contribution in [2.45, 2.75) is 6.92 Å². The molecule has 6 nitrogen and oxygen atoms in total. The molecule has 0 saturated heterocycles. The van der Waals surface area contributed by atoms with Crippen LogP contribution < -0.4 is 18.9 Å². The number of ether oxygens (including phenoxy) is 4. The maximum Gasteiger partial charge on any atom is 0.203 e. The minimum absolute atomic E-state index is 0.534. The highest BCUT2D eigenvalue weighted by atomic mass is 16.5. The van der Waals surface area contributed by atoms with E-state index in [1.165, 1.54) is 0 Å². The van der Waals surface area contributed by atoms with Crippen molar-refractivity contribution in [1.29, 1.82) is 0 Å². The van der Waals surface area contributed by atoms with Crippen molar-refractivity contribution < 1.29 is 23.4 Å². The quantitative estimate of drug-likeness (QED) is 0.400. The number of methoxy groups -OCH3 is 3. The minimum atomic E-state index is 0.534. The second kappa shape index (κ2) is 8.37. The second-order valence-corrected chi connectivity index (χ2v) is 6.56. The molecule has 0 fully saturated rings. The summed E-state index contributed by atoms with van der Waals surface area (Å²) < 4.78 is 28.2. The molecule has 0 aliphatic carbocycles. The van der Waals surface area contributed by atoms with Crippen molar-refractivity contribution >= 4 is 11.1 Å². The highest BCUT2D eigenvalue weighted by Gasteiger charge is 2.18. The van der Waals surface area contributed by atoms with Gasteiger partial charge in [-0.3, -0.25) is 4.98 Å². The van der Waals surface area contributed by atoms with Crippen molar-refractivity contribution in [2.24, 2.45) is 0 Å². The molecule has 0 aliphatic heterocycles. The van der Waals surface area contributed by atoms with Gasteiger partial charge in [0, 0.05) is 23.4 Å². The molecule has 4 rings (SSSR count). The molecule has 30 heavy (non-hydrogen) atoms. The summed E-state index contributed by atoms with van der Waals surface area (Å²) in [5.41, 5.74) is 4.21. The lowest BCUT2D eigenvalue weighted by Gasteiger charge is -2.13. The predicted molar refractivity (Wildman–Crippen MR) is 116 cm³/mol. The third-order valence-corrected chi connectivity index (χ3v) is 4.82. The van der Waals surface area contributed by atoms with Crippen LogP contribution in [0.4, 0.5) is 0 Å². The fourth-order valence-corrected chi connectivity index (χ4v) is 3.45. The van der Waals surface area contributed by atoms with E-state index in [-0.39, 0.29) is 0 Å². The van der Waals surface area contributed by atoms with E-state index in [1.807, 2.05) is 55.5 Å². The Balaban J connectivity index is 1.84. The summed E-state index contributed by atoms with van der Waals surface area (Å²) in [6, 6.07) is 15.5. The molecule has 0 saturated carbocycles. The minimum Gasteiger partial charge on any atom is -0.494 e. The molecule has 0 atom stereocenters. The Hall–Kier alpha value is -3.67. The van der Waals surface area contributed by atoms with Crippen LogP contribution in [-0.2, 0) is 0 Å². The van der Waals surface area contributed by atoms with Gasteiger partial charge in [-0.25, -0.2) is 0 Å². The van der Waals surface area contributed by atoms with E-state index in [9.17, 15) is 0 Å². The van der Waals surface area contributed by atoms with Crippen LogP contribution in [0.3, 0.4) is 0 Å². The highest BCUT2D eigenvalue weighted by Crippen LogP contribution is 2.43. The standard InChI is InChI=1S/C24H23NO5/c1-5-29-17-8-6-7-15(11-17)18-9-10-25-19-14-20(30-23(18)19)16-12-21(26-2)24(28-4)22(13-16)27-3/h6-14H,5H2,1-4H3. The number of hydrogen-bond donors (Lipinski definition) is 0. The number of fused-ring (bicyclic) bond motifs is 1. The molecule has 0 aliphatic rings. The SMILES string of the molecule is CCOc1cccc(-c2ccnc3cc(-c4cc(OC)c(OC)c(OC)c4)oc23)c1. The average Bonchev–Trinajstić information content (AvgIpc) is 3.23. The zero-order chi connectivity index (χ0) is 21.1. The normalized spacial score (nSPS) is 10.8. The fraction of sp³-hybridized carbons (Fsp3) is 0.208. The molecule has 0 spiro atoms. The van der Waals surface area contributed by atoms with Gasteiger partial charge < -0.3 is 23.4 Å². The Kier molecular flexibility index (Phi) is 5.48. The van der Waals surface area contributed by atoms with E-state index in [1.54, 1.807) is 27.5 Å². The van der Waals surface area contributed by atoms with Crippen molar-refractivity contribution in [3.05, 3.63) is 54.7 Å². The van der Waals surface area contributed by atoms with Crippen LogP contribution in [0.25, 0.3) is 33.6 Å². The van der Waals surface area contributed by atoms with Gasteiger partial charge in [-0.1, -0.05) is 12.1 Å². The number of hydrogen-bond acceptors (Lipinski definition) is 6. The summed E-state index contributed by atoms with van der Waals surface area (Å²) in [7, 11) is 4.75. The lowest BCUT2D eigenvalue weighted by Crippen LogP contribution is -1.95. The third kappa shape index (κ3) is 3.52. The molecule has 2 heterocycles. The number of furan rings is 1. The number of nitrogens with zero attached hydrogens (tertiary/aromatic N) is 1. The predicted octanol–water partition coefficient (Wildman–Crippen LogP) is 5.59. The molecule has 2 aromatic heterocycles. The van der Waals surface area contributed by atoms with Gasteiger partial charge in [-0.15, -0.1) is 0 Å². The smallest absolute Gasteiger partial charge is 0.203 e. The largest absolute Gasteiger partial charge is 0.494 e. The molecular formula is C24H23NO5. The Morgan fingerprint density at radius 1 is 0.867 bits per heavy atom. The Labute approximate surface area is 175 Å². The average molecular weight is 405 g/mol. The molecule has 0 N–H and O–H groups in total. The van der Waals surface area contributed by atoms with Gasteiger partial charge in [0.15, 0.2) is 17.1 Å². The van der Waals surface area contributed by atoms with E-state index in [0.29, 0.717) is 35.2 Å². The number of benzene rings is 2. The van der Waals surface area contributed by atoms with Gasteiger partial charge in [-0.2, -0.15) is 0 Å². The van der Waals surface area contributed by atoms with E-state index >= 15 is 0 Å². The first kappa shape index (κ1) is 19.6. The topological polar surface area (TPSA) is 63.0 Å². The summed E-state index contributed by atoms with van der Waals surface area (Å²) in [4.78, 5) is 4.48. The van der Waals surface area contributed by atoms with Crippen LogP contribution in [0, 0.1) is 0 Å². The Morgan fingerprint density at radius 2 is 1.63 bits per heavy atom. The van der Waals surface area contributed by atoms with Gasteiger partial charge in [0.2, 0.25) is 5.75 Å². The maximum absolute atomic E-state index is 6.26. The number of aromatic nitrogens is 1. The molecule has 2 aromatic carbocycles. The fourth-order valence-electron chi connectivity index (χ4n) is 3.45. The zero-order valence-electron chi connectivity index (χ0n) is 17.4. The summed E-state index contributed by atoms with van der Waals surface area (Å²) in [6.07, 6.45) is 1.78. The Morgan fingerprint density at radius 3 is 2.30 bits per heavy atom. The van der Waals surface area contributed by atoms with Gasteiger partial charge in [0.05, 0.1) is 27.9 Å². The van der Waals surface area contributed by atoms with Crippen molar-refractivity contribution in [3.63, 3.8) is 0 Å². The Bertz CT molecular complexity index is 1160. The molecule has 0 amide bonds. The molecule has 6 heteroatoms. The second-order valence-electron chi connectivity index (χ2n) is 6.56. The van der Waals surface area contributed by atoms with E-state index < -0.39 is 0 Å². The van der Waals surface area contributed by atoms with E-state index in [0.717, 1.165) is 28.0 Å². The van der Waals surface area contributed by atoms with E-state index in [4.69, 9.17) is 23.4 Å². The van der Waals surface area contributed by atoms with Gasteiger partial charge in [0.1, 0.15) is 17.0 Å². The lowest BCUT2D eigenvalue weighted by molar-refractivity contribution is 0.324. The van der Waals surface area contributed by atoms with Crippen molar-refractivity contribution in [3.8, 4) is 45.4 Å². The van der Waals surface area contributed by atoms with Gasteiger partial charge in [-0.05, 0) is 42.8 Å².